The van der Waals surface area contributed by atoms with Crippen LogP contribution in [0.2, 0.25) is 0 Å². The third kappa shape index (κ3) is 2.28. The van der Waals surface area contributed by atoms with Gasteiger partial charge in [-0.25, -0.2) is 0 Å². The smallest absolute Gasteiger partial charge is 0.184 e. The zero-order valence-corrected chi connectivity index (χ0v) is 9.79. The van der Waals surface area contributed by atoms with E-state index in [2.05, 4.69) is 15.9 Å². The summed E-state index contributed by atoms with van der Waals surface area (Å²) < 4.78 is 12.1. The van der Waals surface area contributed by atoms with Crippen LogP contribution in [0, 0.1) is 0 Å². The lowest BCUT2D eigenvalue weighted by molar-refractivity contribution is -0.0567. The summed E-state index contributed by atoms with van der Waals surface area (Å²) in [5.41, 5.74) is 1.03. The van der Waals surface area contributed by atoms with Gasteiger partial charge >= 0.3 is 0 Å². The zero-order valence-electron chi connectivity index (χ0n) is 7.45. The number of benzene rings is 1. The van der Waals surface area contributed by atoms with Gasteiger partial charge in [-0.3, -0.25) is 0 Å². The van der Waals surface area contributed by atoms with Gasteiger partial charge < -0.3 is 9.47 Å². The highest BCUT2D eigenvalue weighted by atomic mass is 79.9. The van der Waals surface area contributed by atoms with E-state index < -0.39 is 0 Å². The highest BCUT2D eigenvalue weighted by Crippen LogP contribution is 2.28. The monoisotopic (exact) mass is 276 g/mol. The summed E-state index contributed by atoms with van der Waals surface area (Å²) in [6.45, 7) is 0.574. The van der Waals surface area contributed by atoms with Crippen LogP contribution in [0.15, 0.2) is 28.7 Å². The highest BCUT2D eigenvalue weighted by molar-refractivity contribution is 9.10. The molecule has 76 valence electrons. The Morgan fingerprint density at radius 3 is 2.64 bits per heavy atom. The van der Waals surface area contributed by atoms with E-state index in [0.717, 1.165) is 10.0 Å². The van der Waals surface area contributed by atoms with E-state index in [1.807, 2.05) is 24.3 Å². The molecule has 1 fully saturated rings. The molecule has 2 atom stereocenters. The summed E-state index contributed by atoms with van der Waals surface area (Å²) in [4.78, 5) is 0. The molecule has 0 bridgehead atoms. The molecule has 1 aromatic rings. The predicted octanol–water partition coefficient (Wildman–Crippen LogP) is 3.10. The summed E-state index contributed by atoms with van der Waals surface area (Å²) in [6.07, 6.45) is -0.239. The second-order valence-corrected chi connectivity index (χ2v) is 4.35. The Balaban J connectivity index is 2.06. The van der Waals surface area contributed by atoms with E-state index in [-0.39, 0.29) is 12.4 Å². The van der Waals surface area contributed by atoms with E-state index in [4.69, 9.17) is 21.1 Å². The Morgan fingerprint density at radius 2 is 2.07 bits per heavy atom. The number of hydrogen-bond acceptors (Lipinski definition) is 2. The molecule has 0 aliphatic carbocycles. The molecule has 1 heterocycles. The first kappa shape index (κ1) is 10.4. The Hall–Kier alpha value is -0.0900. The lowest BCUT2D eigenvalue weighted by atomic mass is 10.2. The molecule has 1 aliphatic heterocycles. The first-order valence-electron chi connectivity index (χ1n) is 4.38. The molecule has 1 saturated heterocycles. The predicted molar refractivity (Wildman–Crippen MR) is 58.4 cm³/mol. The maximum Gasteiger partial charge on any atom is 0.184 e. The standard InChI is InChI=1S/C10H10BrClO2/c11-8-3-1-7(2-4-8)10-13-6-9(5-12)14-10/h1-4,9-10H,5-6H2/t9-,10+/m1/s1. The maximum absolute atomic E-state index is 5.67. The van der Waals surface area contributed by atoms with Gasteiger partial charge in [-0.1, -0.05) is 28.1 Å². The van der Waals surface area contributed by atoms with Crippen LogP contribution in [0.1, 0.15) is 11.9 Å². The minimum atomic E-state index is -0.258. The second kappa shape index (κ2) is 4.62. The molecule has 1 aliphatic rings. The molecular formula is C10H10BrClO2. The minimum absolute atomic E-state index is 0.0188. The molecule has 0 amide bonds. The van der Waals surface area contributed by atoms with Gasteiger partial charge in [0.2, 0.25) is 0 Å². The molecule has 1 aromatic carbocycles. The second-order valence-electron chi connectivity index (χ2n) is 3.13. The molecule has 0 spiro atoms. The SMILES string of the molecule is ClC[C@@H]1CO[C@H](c2ccc(Br)cc2)O1. The lowest BCUT2D eigenvalue weighted by Crippen LogP contribution is -2.10. The number of ether oxygens (including phenoxy) is 2. The number of hydrogen-bond donors (Lipinski definition) is 0. The quantitative estimate of drug-likeness (QED) is 0.773. The summed E-state index contributed by atoms with van der Waals surface area (Å²) in [7, 11) is 0. The topological polar surface area (TPSA) is 18.5 Å². The average Bonchev–Trinajstić information content (AvgIpc) is 2.67. The molecule has 0 saturated carbocycles. The number of alkyl halides is 1. The fourth-order valence-corrected chi connectivity index (χ4v) is 1.75. The Kier molecular flexibility index (Phi) is 3.44. The first-order chi connectivity index (χ1) is 6.79. The fraction of sp³-hybridized carbons (Fsp3) is 0.400. The number of rotatable bonds is 2. The molecular weight excluding hydrogens is 267 g/mol. The third-order valence-electron chi connectivity index (χ3n) is 2.06. The van der Waals surface area contributed by atoms with Gasteiger partial charge in [-0.15, -0.1) is 11.6 Å². The zero-order chi connectivity index (χ0) is 9.97. The van der Waals surface area contributed by atoms with Crippen LogP contribution in [0.25, 0.3) is 0 Å². The van der Waals surface area contributed by atoms with Crippen molar-refractivity contribution >= 4 is 27.5 Å². The summed E-state index contributed by atoms with van der Waals surface area (Å²) in [5.74, 6) is 0.479. The van der Waals surface area contributed by atoms with Crippen LogP contribution < -0.4 is 0 Å². The first-order valence-corrected chi connectivity index (χ1v) is 5.71. The highest BCUT2D eigenvalue weighted by Gasteiger charge is 2.26. The minimum Gasteiger partial charge on any atom is -0.346 e. The van der Waals surface area contributed by atoms with Crippen LogP contribution in [0.3, 0.4) is 0 Å². The molecule has 2 nitrogen and oxygen atoms in total. The van der Waals surface area contributed by atoms with Crippen LogP contribution in [0.4, 0.5) is 0 Å². The van der Waals surface area contributed by atoms with Gasteiger partial charge in [0, 0.05) is 10.0 Å². The van der Waals surface area contributed by atoms with Crippen LogP contribution in [-0.2, 0) is 9.47 Å². The van der Waals surface area contributed by atoms with Crippen molar-refractivity contribution in [1.29, 1.82) is 0 Å². The van der Waals surface area contributed by atoms with Crippen LogP contribution in [-0.4, -0.2) is 18.6 Å². The van der Waals surface area contributed by atoms with E-state index in [0.29, 0.717) is 12.5 Å². The van der Waals surface area contributed by atoms with Crippen LogP contribution >= 0.6 is 27.5 Å². The Labute approximate surface area is 96.3 Å². The third-order valence-corrected chi connectivity index (χ3v) is 2.94. The maximum atomic E-state index is 5.67. The van der Waals surface area contributed by atoms with Crippen molar-refractivity contribution in [3.8, 4) is 0 Å². The molecule has 4 heteroatoms. The molecule has 0 radical (unpaired) electrons. The molecule has 0 unspecified atom stereocenters. The van der Waals surface area contributed by atoms with Crippen molar-refractivity contribution < 1.29 is 9.47 Å². The van der Waals surface area contributed by atoms with Gasteiger partial charge in [0.25, 0.3) is 0 Å². The Bertz CT molecular complexity index is 301. The van der Waals surface area contributed by atoms with E-state index in [9.17, 15) is 0 Å². The molecule has 2 rings (SSSR count). The fourth-order valence-electron chi connectivity index (χ4n) is 1.32. The molecule has 0 aromatic heterocycles. The Morgan fingerprint density at radius 1 is 1.36 bits per heavy atom. The van der Waals surface area contributed by atoms with E-state index >= 15 is 0 Å². The van der Waals surface area contributed by atoms with Crippen molar-refractivity contribution in [1.82, 2.24) is 0 Å². The van der Waals surface area contributed by atoms with E-state index in [1.165, 1.54) is 0 Å². The molecule has 0 N–H and O–H groups in total. The normalized spacial score (nSPS) is 26.7. The average molecular weight is 278 g/mol. The van der Waals surface area contributed by atoms with Gasteiger partial charge in [-0.05, 0) is 12.1 Å². The van der Waals surface area contributed by atoms with Gasteiger partial charge in [0.15, 0.2) is 6.29 Å². The van der Waals surface area contributed by atoms with Gasteiger partial charge in [-0.2, -0.15) is 0 Å². The molecule has 14 heavy (non-hydrogen) atoms. The van der Waals surface area contributed by atoms with Crippen molar-refractivity contribution in [2.24, 2.45) is 0 Å². The van der Waals surface area contributed by atoms with Crippen molar-refractivity contribution in [3.05, 3.63) is 34.3 Å². The summed E-state index contributed by atoms with van der Waals surface area (Å²) in [6, 6.07) is 7.89. The number of halogens is 2. The van der Waals surface area contributed by atoms with E-state index in [1.54, 1.807) is 0 Å². The van der Waals surface area contributed by atoms with Gasteiger partial charge in [0.1, 0.15) is 0 Å². The lowest BCUT2D eigenvalue weighted by Gasteiger charge is -2.10. The van der Waals surface area contributed by atoms with Crippen molar-refractivity contribution in [2.45, 2.75) is 12.4 Å². The van der Waals surface area contributed by atoms with Crippen LogP contribution in [0.5, 0.6) is 0 Å². The van der Waals surface area contributed by atoms with Crippen molar-refractivity contribution in [2.75, 3.05) is 12.5 Å². The largest absolute Gasteiger partial charge is 0.346 e. The summed E-state index contributed by atoms with van der Waals surface area (Å²) >= 11 is 9.05. The van der Waals surface area contributed by atoms with Crippen molar-refractivity contribution in [3.63, 3.8) is 0 Å². The summed E-state index contributed by atoms with van der Waals surface area (Å²) in [5, 5.41) is 0. The van der Waals surface area contributed by atoms with Gasteiger partial charge in [0.05, 0.1) is 18.6 Å².